The van der Waals surface area contributed by atoms with Crippen LogP contribution in [0, 0.1) is 0 Å². The van der Waals surface area contributed by atoms with Crippen LogP contribution < -0.4 is 0 Å². The van der Waals surface area contributed by atoms with Crippen molar-refractivity contribution in [3.05, 3.63) is 24.4 Å². The first kappa shape index (κ1) is 10.2. The summed E-state index contributed by atoms with van der Waals surface area (Å²) < 4.78 is 14.9. The van der Waals surface area contributed by atoms with Gasteiger partial charge in [0.2, 0.25) is 0 Å². The van der Waals surface area contributed by atoms with E-state index in [4.69, 9.17) is 0 Å². The Morgan fingerprint density at radius 2 is 2.23 bits per heavy atom. The van der Waals surface area contributed by atoms with E-state index in [0.29, 0.717) is 5.75 Å². The van der Waals surface area contributed by atoms with Crippen LogP contribution in [0.15, 0.2) is 28.8 Å². The maximum Gasteiger partial charge on any atom is 0.143 e. The van der Waals surface area contributed by atoms with Gasteiger partial charge in [0, 0.05) is 12.7 Å². The van der Waals surface area contributed by atoms with Crippen molar-refractivity contribution in [3.8, 4) is 0 Å². The largest absolute Gasteiger partial charge is 0.331 e. The Balaban J connectivity index is 0.000000396. The molecule has 2 heterocycles. The van der Waals surface area contributed by atoms with Gasteiger partial charge in [-0.05, 0) is 12.2 Å². The first-order valence-corrected chi connectivity index (χ1v) is 5.72. The van der Waals surface area contributed by atoms with Gasteiger partial charge in [0.25, 0.3) is 0 Å². The second-order valence-electron chi connectivity index (χ2n) is 2.37. The van der Waals surface area contributed by atoms with Crippen molar-refractivity contribution in [1.82, 2.24) is 4.90 Å². The summed E-state index contributed by atoms with van der Waals surface area (Å²) in [5, 5.41) is 0. The van der Waals surface area contributed by atoms with Crippen molar-refractivity contribution >= 4 is 16.8 Å². The number of hydrogen-bond donors (Lipinski definition) is 0. The maximum atomic E-state index is 11.0. The summed E-state index contributed by atoms with van der Waals surface area (Å²) in [6, 6.07) is 0. The highest BCUT2D eigenvalue weighted by Gasteiger charge is 2.15. The highest BCUT2D eigenvalue weighted by atomic mass is 32.2. The summed E-state index contributed by atoms with van der Waals surface area (Å²) in [7, 11) is -0.997. The minimum Gasteiger partial charge on any atom is -0.331 e. The summed E-state index contributed by atoms with van der Waals surface area (Å²) in [5.74, 6) is 1.46. The quantitative estimate of drug-likeness (QED) is 0.590. The van der Waals surface area contributed by atoms with E-state index >= 15 is 0 Å². The zero-order valence-corrected chi connectivity index (χ0v) is 8.75. The fourth-order valence-corrected chi connectivity index (χ4v) is 1.88. The zero-order chi connectivity index (χ0) is 9.68. The molecule has 3 nitrogen and oxygen atoms in total. The van der Waals surface area contributed by atoms with Crippen molar-refractivity contribution in [1.29, 1.82) is 0 Å². The predicted molar refractivity (Wildman–Crippen MR) is 56.8 cm³/mol. The van der Waals surface area contributed by atoms with Crippen LogP contribution in [0.3, 0.4) is 0 Å². The van der Waals surface area contributed by atoms with Crippen LogP contribution in [0.4, 0.5) is 0 Å². The lowest BCUT2D eigenvalue weighted by Gasteiger charge is -2.24. The molecule has 72 valence electrons. The highest BCUT2D eigenvalue weighted by molar-refractivity contribution is 7.83. The number of fused-ring (bicyclic) bond motifs is 1. The van der Waals surface area contributed by atoms with Gasteiger partial charge in [0.1, 0.15) is 16.8 Å². The van der Waals surface area contributed by atoms with Gasteiger partial charge in [0.05, 0.1) is 5.75 Å². The number of nitrogens with zero attached hydrogens (tertiary/aromatic N) is 2. The molecule has 1 atom stereocenters. The second-order valence-corrected chi connectivity index (χ2v) is 3.60. The fourth-order valence-electron chi connectivity index (χ4n) is 1.07. The van der Waals surface area contributed by atoms with E-state index in [1.807, 2.05) is 43.2 Å². The molecule has 2 rings (SSSR count). The average molecular weight is 198 g/mol. The molecule has 0 aromatic rings. The second kappa shape index (κ2) is 4.97. The summed E-state index contributed by atoms with van der Waals surface area (Å²) in [6.07, 6.45) is 7.68. The molecular formula is C9H14N2OS. The lowest BCUT2D eigenvalue weighted by atomic mass is 10.3. The molecule has 2 aliphatic heterocycles. The third kappa shape index (κ3) is 2.52. The van der Waals surface area contributed by atoms with Gasteiger partial charge < -0.3 is 4.90 Å². The third-order valence-corrected chi connectivity index (χ3v) is 2.54. The van der Waals surface area contributed by atoms with Gasteiger partial charge >= 0.3 is 0 Å². The molecule has 0 amide bonds. The minimum atomic E-state index is -0.997. The van der Waals surface area contributed by atoms with Crippen LogP contribution in [-0.2, 0) is 11.0 Å². The Morgan fingerprint density at radius 3 is 3.00 bits per heavy atom. The molecule has 0 fully saturated rings. The van der Waals surface area contributed by atoms with Crippen molar-refractivity contribution in [2.24, 2.45) is 4.40 Å². The smallest absolute Gasteiger partial charge is 0.143 e. The molecule has 0 aromatic heterocycles. The van der Waals surface area contributed by atoms with Crippen LogP contribution >= 0.6 is 0 Å². The SMILES string of the molecule is CC.O=S1CCN2C=CC=CC2=N1. The normalized spacial score (nSPS) is 24.3. The van der Waals surface area contributed by atoms with Crippen molar-refractivity contribution in [2.75, 3.05) is 12.3 Å². The summed E-state index contributed by atoms with van der Waals surface area (Å²) in [5.41, 5.74) is 0. The lowest BCUT2D eigenvalue weighted by molar-refractivity contribution is 0.580. The summed E-state index contributed by atoms with van der Waals surface area (Å²) >= 11 is 0. The lowest BCUT2D eigenvalue weighted by Crippen LogP contribution is -2.33. The Morgan fingerprint density at radius 1 is 1.46 bits per heavy atom. The van der Waals surface area contributed by atoms with Crippen LogP contribution in [0.2, 0.25) is 0 Å². The van der Waals surface area contributed by atoms with Crippen molar-refractivity contribution in [3.63, 3.8) is 0 Å². The van der Waals surface area contributed by atoms with E-state index in [2.05, 4.69) is 4.40 Å². The fraction of sp³-hybridized carbons (Fsp3) is 0.444. The highest BCUT2D eigenvalue weighted by Crippen LogP contribution is 2.08. The molecule has 4 heteroatoms. The molecule has 0 spiro atoms. The number of amidine groups is 1. The molecular weight excluding hydrogens is 184 g/mol. The monoisotopic (exact) mass is 198 g/mol. The Labute approximate surface area is 81.4 Å². The molecule has 13 heavy (non-hydrogen) atoms. The van der Waals surface area contributed by atoms with Crippen LogP contribution in [0.25, 0.3) is 0 Å². The number of hydrogen-bond acceptors (Lipinski definition) is 2. The van der Waals surface area contributed by atoms with Gasteiger partial charge in [-0.3, -0.25) is 0 Å². The van der Waals surface area contributed by atoms with E-state index in [0.717, 1.165) is 12.4 Å². The summed E-state index contributed by atoms with van der Waals surface area (Å²) in [4.78, 5) is 2.00. The summed E-state index contributed by atoms with van der Waals surface area (Å²) in [6.45, 7) is 4.81. The van der Waals surface area contributed by atoms with Crippen LogP contribution in [-0.4, -0.2) is 27.2 Å². The van der Waals surface area contributed by atoms with Crippen LogP contribution in [0.1, 0.15) is 13.8 Å². The predicted octanol–water partition coefficient (Wildman–Crippen LogP) is 1.47. The van der Waals surface area contributed by atoms with E-state index in [9.17, 15) is 4.21 Å². The van der Waals surface area contributed by atoms with Crippen molar-refractivity contribution in [2.45, 2.75) is 13.8 Å². The molecule has 1 unspecified atom stereocenters. The number of rotatable bonds is 0. The Bertz CT molecular complexity index is 281. The molecule has 0 saturated carbocycles. The topological polar surface area (TPSA) is 32.7 Å². The third-order valence-electron chi connectivity index (χ3n) is 1.62. The molecule has 0 saturated heterocycles. The molecule has 0 radical (unpaired) electrons. The standard InChI is InChI=1S/C7H8N2OS.C2H6/c10-11-6-5-9-4-2-1-3-7(9)8-11;1-2/h1-4H,5-6H2;1-2H3. The van der Waals surface area contributed by atoms with E-state index in [1.54, 1.807) is 0 Å². The number of allylic oxidation sites excluding steroid dienone is 2. The Hall–Kier alpha value is -0.900. The molecule has 0 aliphatic carbocycles. The van der Waals surface area contributed by atoms with Gasteiger partial charge in [-0.25, -0.2) is 4.21 Å². The molecule has 0 aromatic carbocycles. The first-order chi connectivity index (χ1) is 6.36. The molecule has 0 bridgehead atoms. The first-order valence-electron chi connectivity index (χ1n) is 4.45. The maximum absolute atomic E-state index is 11.0. The average Bonchev–Trinajstić information content (AvgIpc) is 2.21. The van der Waals surface area contributed by atoms with Gasteiger partial charge in [-0.1, -0.05) is 19.9 Å². The van der Waals surface area contributed by atoms with E-state index in [-0.39, 0.29) is 0 Å². The van der Waals surface area contributed by atoms with E-state index < -0.39 is 11.0 Å². The van der Waals surface area contributed by atoms with Gasteiger partial charge in [-0.15, -0.1) is 0 Å². The molecule has 0 N–H and O–H groups in total. The van der Waals surface area contributed by atoms with Crippen molar-refractivity contribution < 1.29 is 4.21 Å². The zero-order valence-electron chi connectivity index (χ0n) is 7.93. The molecule has 2 aliphatic rings. The van der Waals surface area contributed by atoms with E-state index in [1.165, 1.54) is 0 Å². The van der Waals surface area contributed by atoms with Crippen LogP contribution in [0.5, 0.6) is 0 Å². The van der Waals surface area contributed by atoms with Gasteiger partial charge in [-0.2, -0.15) is 4.40 Å². The minimum absolute atomic E-state index is 0.641. The van der Waals surface area contributed by atoms with Gasteiger partial charge in [0.15, 0.2) is 0 Å². The Kier molecular flexibility index (Phi) is 3.89.